The summed E-state index contributed by atoms with van der Waals surface area (Å²) < 4.78 is 11.3. The highest BCUT2D eigenvalue weighted by Crippen LogP contribution is 2.40. The molecule has 6 rings (SSSR count). The molecule has 49 heavy (non-hydrogen) atoms. The Morgan fingerprint density at radius 1 is 0.735 bits per heavy atom. The van der Waals surface area contributed by atoms with Gasteiger partial charge >= 0.3 is 11.9 Å². The van der Waals surface area contributed by atoms with Crippen LogP contribution in [-0.2, 0) is 9.47 Å². The molecule has 2 aromatic carbocycles. The Bertz CT molecular complexity index is 2230. The van der Waals surface area contributed by atoms with E-state index < -0.39 is 20.0 Å². The van der Waals surface area contributed by atoms with Crippen LogP contribution in [0.25, 0.3) is 41.6 Å². The molecule has 250 valence electrons. The molecule has 14 heteroatoms. The number of carbonyl (C=O) groups is 2. The minimum Gasteiger partial charge on any atom is -0.504 e. The SMILES string of the molecule is CCOC(=O)c1nc(Br)c2nc(-c3ccccc3)sc2c1O.CCOC(=O)c1nc(C#C[Si](C)(C)C)c2nc(-c3ccccc3)sc2c1O. The predicted molar refractivity (Wildman–Crippen MR) is 199 cm³/mol. The quantitative estimate of drug-likeness (QED) is 0.0732. The standard InChI is InChI=1S/C20H20N2O3SSi.C15H11BrN2O3S/c1-5-25-20(24)16-17(23)18-15(14(21-16)11-12-27(2,3)4)22-19(26-18)13-9-7-6-8-10-13;1-2-21-15(20)9-11(19)12-10(13(16)17-9)18-14(22-12)8-6-4-3-5-7-8/h6-10,23H,5H2,1-4H3;3-7,19H,2H2,1H3. The number of thiazole rings is 2. The molecule has 0 saturated heterocycles. The average molecular weight is 776 g/mol. The maximum absolute atomic E-state index is 12.2. The number of aromatic nitrogens is 4. The monoisotopic (exact) mass is 774 g/mol. The van der Waals surface area contributed by atoms with Crippen molar-refractivity contribution in [3.05, 3.63) is 82.3 Å². The van der Waals surface area contributed by atoms with Gasteiger partial charge < -0.3 is 19.7 Å². The van der Waals surface area contributed by atoms with E-state index in [0.717, 1.165) is 21.1 Å². The normalized spacial score (nSPS) is 11.0. The fourth-order valence-electron chi connectivity index (χ4n) is 4.32. The van der Waals surface area contributed by atoms with Crippen LogP contribution >= 0.6 is 38.6 Å². The van der Waals surface area contributed by atoms with Gasteiger partial charge in [-0.3, -0.25) is 0 Å². The van der Waals surface area contributed by atoms with Crippen molar-refractivity contribution in [2.24, 2.45) is 0 Å². The number of nitrogens with zero attached hydrogens (tertiary/aromatic N) is 4. The molecule has 0 amide bonds. The van der Waals surface area contributed by atoms with Crippen LogP contribution in [0.5, 0.6) is 11.5 Å². The van der Waals surface area contributed by atoms with Crippen molar-refractivity contribution in [1.29, 1.82) is 0 Å². The van der Waals surface area contributed by atoms with E-state index in [9.17, 15) is 19.8 Å². The number of pyridine rings is 2. The third-order valence-electron chi connectivity index (χ3n) is 6.52. The Labute approximate surface area is 300 Å². The fourth-order valence-corrected chi connectivity index (χ4v) is 7.45. The first-order chi connectivity index (χ1) is 23.4. The molecule has 0 unspecified atom stereocenters. The lowest BCUT2D eigenvalue weighted by Gasteiger charge is -2.06. The first kappa shape index (κ1) is 35.6. The summed E-state index contributed by atoms with van der Waals surface area (Å²) in [7, 11) is -1.66. The average Bonchev–Trinajstić information content (AvgIpc) is 3.74. The van der Waals surface area contributed by atoms with Crippen molar-refractivity contribution in [2.75, 3.05) is 13.2 Å². The molecule has 4 heterocycles. The number of halogens is 1. The van der Waals surface area contributed by atoms with Crippen molar-refractivity contribution < 1.29 is 29.3 Å². The largest absolute Gasteiger partial charge is 0.504 e. The Hall–Kier alpha value is -4.68. The summed E-state index contributed by atoms with van der Waals surface area (Å²) >= 11 is 5.91. The van der Waals surface area contributed by atoms with Gasteiger partial charge in [-0.2, -0.15) is 0 Å². The summed E-state index contributed by atoms with van der Waals surface area (Å²) in [4.78, 5) is 41.6. The Balaban J connectivity index is 0.000000195. The van der Waals surface area contributed by atoms with Gasteiger partial charge in [0.15, 0.2) is 22.9 Å². The number of esters is 2. The van der Waals surface area contributed by atoms with Crippen molar-refractivity contribution >= 4 is 79.0 Å². The number of hydrogen-bond donors (Lipinski definition) is 2. The smallest absolute Gasteiger partial charge is 0.360 e. The summed E-state index contributed by atoms with van der Waals surface area (Å²) in [5.41, 5.74) is 6.32. The van der Waals surface area contributed by atoms with Gasteiger partial charge in [0, 0.05) is 11.1 Å². The predicted octanol–water partition coefficient (Wildman–Crippen LogP) is 8.47. The lowest BCUT2D eigenvalue weighted by Crippen LogP contribution is -2.16. The first-order valence-corrected chi connectivity index (χ1v) is 21.0. The van der Waals surface area contributed by atoms with Crippen molar-refractivity contribution in [3.63, 3.8) is 0 Å². The first-order valence-electron chi connectivity index (χ1n) is 15.1. The summed E-state index contributed by atoms with van der Waals surface area (Å²) in [5, 5.41) is 22.4. The minimum atomic E-state index is -1.66. The third kappa shape index (κ3) is 8.14. The summed E-state index contributed by atoms with van der Waals surface area (Å²) in [5.74, 6) is 1.36. The zero-order valence-electron chi connectivity index (χ0n) is 27.2. The topological polar surface area (TPSA) is 145 Å². The third-order valence-corrected chi connectivity index (χ3v) is 10.2. The van der Waals surface area contributed by atoms with E-state index in [1.165, 1.54) is 22.7 Å². The van der Waals surface area contributed by atoms with Crippen LogP contribution in [-0.4, -0.2) is 63.4 Å². The van der Waals surface area contributed by atoms with Crippen LogP contribution in [0.1, 0.15) is 40.5 Å². The van der Waals surface area contributed by atoms with E-state index in [-0.39, 0.29) is 36.1 Å². The van der Waals surface area contributed by atoms with Gasteiger partial charge in [-0.05, 0) is 29.8 Å². The second kappa shape index (κ2) is 15.3. The number of fused-ring (bicyclic) bond motifs is 2. The number of hydrogen-bond acceptors (Lipinski definition) is 12. The van der Waals surface area contributed by atoms with Crippen LogP contribution in [0.15, 0.2) is 65.3 Å². The van der Waals surface area contributed by atoms with Crippen molar-refractivity contribution in [1.82, 2.24) is 19.9 Å². The van der Waals surface area contributed by atoms with Crippen LogP contribution in [0.3, 0.4) is 0 Å². The summed E-state index contributed by atoms with van der Waals surface area (Å²) in [6.07, 6.45) is 0. The number of carbonyl (C=O) groups excluding carboxylic acids is 2. The number of aromatic hydroxyl groups is 2. The highest BCUT2D eigenvalue weighted by atomic mass is 79.9. The van der Waals surface area contributed by atoms with Gasteiger partial charge in [-0.25, -0.2) is 29.5 Å². The van der Waals surface area contributed by atoms with Gasteiger partial charge in [-0.15, -0.1) is 28.2 Å². The molecule has 2 N–H and O–H groups in total. The number of benzene rings is 2. The number of ether oxygens (including phenoxy) is 2. The van der Waals surface area contributed by atoms with Gasteiger partial charge in [0.05, 0.1) is 13.2 Å². The highest BCUT2D eigenvalue weighted by molar-refractivity contribution is 9.10. The minimum absolute atomic E-state index is 0.107. The molecular weight excluding hydrogens is 745 g/mol. The van der Waals surface area contributed by atoms with Crippen molar-refractivity contribution in [2.45, 2.75) is 33.5 Å². The van der Waals surface area contributed by atoms with Gasteiger partial charge in [0.1, 0.15) is 48.8 Å². The van der Waals surface area contributed by atoms with Crippen LogP contribution in [0.2, 0.25) is 19.6 Å². The van der Waals surface area contributed by atoms with Crippen LogP contribution in [0, 0.1) is 11.5 Å². The Morgan fingerprint density at radius 3 is 1.65 bits per heavy atom. The van der Waals surface area contributed by atoms with E-state index in [4.69, 9.17) is 9.47 Å². The molecule has 10 nitrogen and oxygen atoms in total. The Kier molecular flexibility index (Phi) is 11.1. The van der Waals surface area contributed by atoms with E-state index in [2.05, 4.69) is 67.0 Å². The van der Waals surface area contributed by atoms with Gasteiger partial charge in [0.2, 0.25) is 0 Å². The molecule has 0 radical (unpaired) electrons. The molecular formula is C35H31BrN4O6S2Si. The molecule has 0 aliphatic heterocycles. The molecule has 0 atom stereocenters. The van der Waals surface area contributed by atoms with Crippen LogP contribution < -0.4 is 0 Å². The van der Waals surface area contributed by atoms with E-state index >= 15 is 0 Å². The molecule has 0 aliphatic carbocycles. The summed E-state index contributed by atoms with van der Waals surface area (Å²) in [6.45, 7) is 10.2. The van der Waals surface area contributed by atoms with Crippen LogP contribution in [0.4, 0.5) is 0 Å². The van der Waals surface area contributed by atoms with Gasteiger partial charge in [0.25, 0.3) is 0 Å². The van der Waals surface area contributed by atoms with E-state index in [1.54, 1.807) is 13.8 Å². The zero-order valence-corrected chi connectivity index (χ0v) is 31.4. The maximum Gasteiger partial charge on any atom is 0.360 e. The van der Waals surface area contributed by atoms with Crippen molar-refractivity contribution in [3.8, 4) is 44.1 Å². The molecule has 0 aliphatic rings. The summed E-state index contributed by atoms with van der Waals surface area (Å²) in [6, 6.07) is 19.3. The molecule has 0 spiro atoms. The lowest BCUT2D eigenvalue weighted by atomic mass is 10.2. The molecule has 6 aromatic rings. The highest BCUT2D eigenvalue weighted by Gasteiger charge is 2.24. The molecule has 0 fully saturated rings. The second-order valence-corrected chi connectivity index (χ2v) is 18.8. The van der Waals surface area contributed by atoms with E-state index in [1.807, 2.05) is 60.7 Å². The number of rotatable bonds is 6. The second-order valence-electron chi connectivity index (χ2n) is 11.3. The fraction of sp³-hybridized carbons (Fsp3) is 0.200. The maximum atomic E-state index is 12.2. The molecule has 4 aromatic heterocycles. The molecule has 0 saturated carbocycles. The van der Waals surface area contributed by atoms with E-state index in [0.29, 0.717) is 30.7 Å². The van der Waals surface area contributed by atoms with Gasteiger partial charge in [-0.1, -0.05) is 86.2 Å². The Morgan fingerprint density at radius 2 is 1.18 bits per heavy atom. The zero-order chi connectivity index (χ0) is 35.3. The lowest BCUT2D eigenvalue weighted by molar-refractivity contribution is 0.0506. The molecule has 0 bridgehead atoms.